The number of hydrogen-bond acceptors (Lipinski definition) is 5. The SMILES string of the molecule is COCCN(C)c1nccnc1CN. The van der Waals surface area contributed by atoms with Crippen molar-refractivity contribution in [3.05, 3.63) is 18.1 Å². The molecule has 2 N–H and O–H groups in total. The number of aromatic nitrogens is 2. The summed E-state index contributed by atoms with van der Waals surface area (Å²) in [6.07, 6.45) is 3.31. The zero-order valence-corrected chi connectivity index (χ0v) is 8.60. The third-order valence-corrected chi connectivity index (χ3v) is 1.94. The number of likely N-dealkylation sites (N-methyl/N-ethyl adjacent to an activating group) is 1. The molecule has 0 saturated heterocycles. The predicted octanol–water partition coefficient (Wildman–Crippen LogP) is 0.0179. The minimum atomic E-state index is 0.403. The van der Waals surface area contributed by atoms with Crippen LogP contribution in [0.3, 0.4) is 0 Å². The molecule has 0 bridgehead atoms. The van der Waals surface area contributed by atoms with Crippen LogP contribution < -0.4 is 10.6 Å². The lowest BCUT2D eigenvalue weighted by Crippen LogP contribution is -2.25. The molecule has 1 rings (SSSR count). The van der Waals surface area contributed by atoms with Crippen LogP contribution in [-0.4, -0.2) is 37.3 Å². The van der Waals surface area contributed by atoms with E-state index in [4.69, 9.17) is 10.5 Å². The summed E-state index contributed by atoms with van der Waals surface area (Å²) in [5.41, 5.74) is 6.37. The fourth-order valence-corrected chi connectivity index (χ4v) is 1.16. The van der Waals surface area contributed by atoms with E-state index < -0.39 is 0 Å². The maximum atomic E-state index is 5.56. The number of nitrogens with two attached hydrogens (primary N) is 1. The molecule has 1 aromatic rings. The van der Waals surface area contributed by atoms with Crippen LogP contribution in [0.15, 0.2) is 12.4 Å². The van der Waals surface area contributed by atoms with Crippen LogP contribution in [0.2, 0.25) is 0 Å². The quantitative estimate of drug-likeness (QED) is 0.719. The first kappa shape index (κ1) is 10.9. The molecule has 0 unspecified atom stereocenters. The number of nitrogens with zero attached hydrogens (tertiary/aromatic N) is 3. The highest BCUT2D eigenvalue weighted by Gasteiger charge is 2.07. The second-order valence-electron chi connectivity index (χ2n) is 2.95. The minimum absolute atomic E-state index is 0.403. The van der Waals surface area contributed by atoms with Crippen molar-refractivity contribution in [1.29, 1.82) is 0 Å². The smallest absolute Gasteiger partial charge is 0.151 e. The van der Waals surface area contributed by atoms with Crippen molar-refractivity contribution in [2.24, 2.45) is 5.73 Å². The lowest BCUT2D eigenvalue weighted by Gasteiger charge is -2.19. The molecule has 0 aliphatic heterocycles. The van der Waals surface area contributed by atoms with Gasteiger partial charge in [-0.05, 0) is 0 Å². The fourth-order valence-electron chi connectivity index (χ4n) is 1.16. The Hall–Kier alpha value is -1.20. The van der Waals surface area contributed by atoms with Gasteiger partial charge >= 0.3 is 0 Å². The van der Waals surface area contributed by atoms with E-state index in [-0.39, 0.29) is 0 Å². The summed E-state index contributed by atoms with van der Waals surface area (Å²) in [4.78, 5) is 10.4. The van der Waals surface area contributed by atoms with Gasteiger partial charge in [0.15, 0.2) is 5.82 Å². The van der Waals surface area contributed by atoms with Crippen LogP contribution in [0.5, 0.6) is 0 Å². The highest BCUT2D eigenvalue weighted by Crippen LogP contribution is 2.11. The molecule has 0 amide bonds. The first-order chi connectivity index (χ1) is 6.79. The number of anilines is 1. The molecule has 14 heavy (non-hydrogen) atoms. The first-order valence-corrected chi connectivity index (χ1v) is 4.49. The van der Waals surface area contributed by atoms with Crippen molar-refractivity contribution >= 4 is 5.82 Å². The van der Waals surface area contributed by atoms with Crippen LogP contribution >= 0.6 is 0 Å². The van der Waals surface area contributed by atoms with E-state index in [0.717, 1.165) is 18.1 Å². The molecule has 0 aliphatic rings. The summed E-state index contributed by atoms with van der Waals surface area (Å²) in [6.45, 7) is 1.85. The van der Waals surface area contributed by atoms with E-state index in [1.54, 1.807) is 19.5 Å². The number of hydrogen-bond donors (Lipinski definition) is 1. The van der Waals surface area contributed by atoms with Crippen LogP contribution in [-0.2, 0) is 11.3 Å². The van der Waals surface area contributed by atoms with Crippen molar-refractivity contribution in [3.8, 4) is 0 Å². The van der Waals surface area contributed by atoms with Crippen molar-refractivity contribution in [2.45, 2.75) is 6.54 Å². The minimum Gasteiger partial charge on any atom is -0.383 e. The van der Waals surface area contributed by atoms with Crippen molar-refractivity contribution in [1.82, 2.24) is 9.97 Å². The Morgan fingerprint density at radius 3 is 2.79 bits per heavy atom. The number of ether oxygens (including phenoxy) is 1. The topological polar surface area (TPSA) is 64.3 Å². The Bertz CT molecular complexity index is 279. The third kappa shape index (κ3) is 2.65. The van der Waals surface area contributed by atoms with E-state index in [0.29, 0.717) is 13.2 Å². The van der Waals surface area contributed by atoms with Crippen LogP contribution in [0.25, 0.3) is 0 Å². The molecule has 0 saturated carbocycles. The fraction of sp³-hybridized carbons (Fsp3) is 0.556. The monoisotopic (exact) mass is 196 g/mol. The van der Waals surface area contributed by atoms with E-state index in [2.05, 4.69) is 9.97 Å². The van der Waals surface area contributed by atoms with Crippen LogP contribution in [0.4, 0.5) is 5.82 Å². The summed E-state index contributed by atoms with van der Waals surface area (Å²) in [6, 6.07) is 0. The van der Waals surface area contributed by atoms with Crippen LogP contribution in [0, 0.1) is 0 Å². The largest absolute Gasteiger partial charge is 0.383 e. The summed E-state index contributed by atoms with van der Waals surface area (Å²) in [5.74, 6) is 0.826. The maximum Gasteiger partial charge on any atom is 0.151 e. The average Bonchev–Trinajstić information content (AvgIpc) is 2.25. The second kappa shape index (κ2) is 5.51. The van der Waals surface area contributed by atoms with Gasteiger partial charge in [0.2, 0.25) is 0 Å². The van der Waals surface area contributed by atoms with Gasteiger partial charge in [0.1, 0.15) is 0 Å². The molecule has 0 fully saturated rings. The average molecular weight is 196 g/mol. The lowest BCUT2D eigenvalue weighted by molar-refractivity contribution is 0.206. The lowest BCUT2D eigenvalue weighted by atomic mass is 10.3. The Balaban J connectivity index is 2.72. The standard InChI is InChI=1S/C9H16N4O/c1-13(5-6-14-2)9-8(7-10)11-3-4-12-9/h3-4H,5-7,10H2,1-2H3. The predicted molar refractivity (Wildman–Crippen MR) is 55.1 cm³/mol. The Labute approximate surface area is 83.9 Å². The summed E-state index contributed by atoms with van der Waals surface area (Å²) in [5, 5.41) is 0. The van der Waals surface area contributed by atoms with E-state index >= 15 is 0 Å². The van der Waals surface area contributed by atoms with Gasteiger partial charge < -0.3 is 15.4 Å². The van der Waals surface area contributed by atoms with Gasteiger partial charge in [-0.2, -0.15) is 0 Å². The first-order valence-electron chi connectivity index (χ1n) is 4.49. The van der Waals surface area contributed by atoms with Crippen molar-refractivity contribution in [2.75, 3.05) is 32.2 Å². The normalized spacial score (nSPS) is 10.2. The Morgan fingerprint density at radius 2 is 2.14 bits per heavy atom. The van der Waals surface area contributed by atoms with Gasteiger partial charge in [0, 0.05) is 39.6 Å². The van der Waals surface area contributed by atoms with E-state index in [1.807, 2.05) is 11.9 Å². The summed E-state index contributed by atoms with van der Waals surface area (Å²) >= 11 is 0. The van der Waals surface area contributed by atoms with Gasteiger partial charge in [-0.15, -0.1) is 0 Å². The highest BCUT2D eigenvalue weighted by atomic mass is 16.5. The molecule has 1 heterocycles. The maximum absolute atomic E-state index is 5.56. The number of rotatable bonds is 5. The molecule has 0 aromatic carbocycles. The van der Waals surface area contributed by atoms with E-state index in [1.165, 1.54) is 0 Å². The van der Waals surface area contributed by atoms with Gasteiger partial charge in [-0.3, -0.25) is 4.98 Å². The molecule has 5 nitrogen and oxygen atoms in total. The molecule has 0 spiro atoms. The van der Waals surface area contributed by atoms with Crippen molar-refractivity contribution < 1.29 is 4.74 Å². The van der Waals surface area contributed by atoms with Gasteiger partial charge in [0.25, 0.3) is 0 Å². The molecular formula is C9H16N4O. The number of methoxy groups -OCH3 is 1. The van der Waals surface area contributed by atoms with E-state index in [9.17, 15) is 0 Å². The molecule has 1 aromatic heterocycles. The molecule has 0 aliphatic carbocycles. The van der Waals surface area contributed by atoms with Crippen LogP contribution in [0.1, 0.15) is 5.69 Å². The summed E-state index contributed by atoms with van der Waals surface area (Å²) < 4.78 is 4.99. The zero-order chi connectivity index (χ0) is 10.4. The second-order valence-corrected chi connectivity index (χ2v) is 2.95. The van der Waals surface area contributed by atoms with Gasteiger partial charge in [-0.1, -0.05) is 0 Å². The zero-order valence-electron chi connectivity index (χ0n) is 8.60. The molecule has 5 heteroatoms. The Kier molecular flexibility index (Phi) is 4.28. The highest BCUT2D eigenvalue weighted by molar-refractivity contribution is 5.41. The third-order valence-electron chi connectivity index (χ3n) is 1.94. The molecule has 0 radical (unpaired) electrons. The van der Waals surface area contributed by atoms with Crippen molar-refractivity contribution in [3.63, 3.8) is 0 Å². The molecular weight excluding hydrogens is 180 g/mol. The summed E-state index contributed by atoms with van der Waals surface area (Å²) in [7, 11) is 3.62. The van der Waals surface area contributed by atoms with Gasteiger partial charge in [-0.25, -0.2) is 4.98 Å². The van der Waals surface area contributed by atoms with Gasteiger partial charge in [0.05, 0.1) is 12.3 Å². The molecule has 0 atom stereocenters. The molecule has 78 valence electrons. The Morgan fingerprint density at radius 1 is 1.43 bits per heavy atom.